The van der Waals surface area contributed by atoms with Crippen LogP contribution >= 0.6 is 7.82 Å². The molecular formula is C6H9KNO4P. The number of anilines is 1. The normalized spacial score (nSPS) is 10.2. The second kappa shape index (κ2) is 6.29. The maximum atomic E-state index is 8.88. The molecule has 0 heterocycles. The minimum atomic E-state index is -4.64. The van der Waals surface area contributed by atoms with Gasteiger partial charge in [-0.2, -0.15) is 0 Å². The van der Waals surface area contributed by atoms with Gasteiger partial charge in [-0.1, -0.05) is 0 Å². The molecule has 0 saturated heterocycles. The van der Waals surface area contributed by atoms with Gasteiger partial charge in [0, 0.05) is 0 Å². The first-order valence-corrected chi connectivity index (χ1v) is 6.52. The maximum absolute atomic E-state index is 8.88. The van der Waals surface area contributed by atoms with E-state index in [1.807, 2.05) is 18.2 Å². The minimum Gasteiger partial charge on any atom is -0.303 e. The van der Waals surface area contributed by atoms with E-state index in [9.17, 15) is 0 Å². The van der Waals surface area contributed by atoms with E-state index in [1.54, 1.807) is 0 Å². The van der Waals surface area contributed by atoms with Gasteiger partial charge in [-0.15, -0.1) is 0 Å². The van der Waals surface area contributed by atoms with Crippen molar-refractivity contribution in [3.05, 3.63) is 24.3 Å². The summed E-state index contributed by atoms with van der Waals surface area (Å²) in [5.74, 6) is 0. The molecule has 0 aliphatic rings. The predicted molar refractivity (Wildman–Crippen MR) is 50.5 cm³/mol. The summed E-state index contributed by atoms with van der Waals surface area (Å²) in [5, 5.41) is 0. The largest absolute Gasteiger partial charge is 0.466 e. The molecule has 0 amide bonds. The topological polar surface area (TPSA) is 104 Å². The zero-order valence-corrected chi connectivity index (χ0v) is 11.1. The summed E-state index contributed by atoms with van der Waals surface area (Å²) in [6.07, 6.45) is 0. The smallest absolute Gasteiger partial charge is 0.303 e. The van der Waals surface area contributed by atoms with Crippen LogP contribution in [-0.4, -0.2) is 63.6 Å². The van der Waals surface area contributed by atoms with E-state index < -0.39 is 7.82 Å². The molecule has 0 aliphatic heterocycles. The Morgan fingerprint density at radius 1 is 1.31 bits per heavy atom. The van der Waals surface area contributed by atoms with E-state index >= 15 is 0 Å². The third kappa shape index (κ3) is 12.8. The van der Waals surface area contributed by atoms with E-state index in [-0.39, 0.29) is 0 Å². The summed E-state index contributed by atoms with van der Waals surface area (Å²) in [6, 6.07) is 8.04. The average Bonchev–Trinajstić information content (AvgIpc) is 1.81. The van der Waals surface area contributed by atoms with Gasteiger partial charge in [0.15, 0.2) is 0 Å². The summed E-state index contributed by atoms with van der Waals surface area (Å²) in [7, 11) is -4.64. The second-order valence-electron chi connectivity index (χ2n) is 2.43. The molecule has 0 atom stereocenters. The molecule has 0 spiro atoms. The molecule has 5 nitrogen and oxygen atoms in total. The first-order valence-electron chi connectivity index (χ1n) is 3.39. The van der Waals surface area contributed by atoms with Crippen molar-refractivity contribution >= 4 is 62.1 Å². The Balaban J connectivity index is 0.000000252. The standard InChI is InChI=1S/C6H6N.K.H3O4P/c7-6-4-2-1-3-5-6;;1-5(2,3)4/h1-2,4-5H,7H2;;(H3,1,2,3,4). The average molecular weight is 229 g/mol. The number of phosphoric acid groups is 1. The van der Waals surface area contributed by atoms with Gasteiger partial charge in [0.1, 0.15) is 0 Å². The van der Waals surface area contributed by atoms with Crippen molar-refractivity contribution in [3.8, 4) is 0 Å². The summed E-state index contributed by atoms with van der Waals surface area (Å²) in [6.45, 7) is 0. The number of nitrogen functional groups attached to an aromatic ring is 1. The number of hydrogen-bond donors (Lipinski definition) is 4. The van der Waals surface area contributed by atoms with Crippen LogP contribution in [0, 0.1) is 0 Å². The Hall–Kier alpha value is 0.766. The Bertz CT molecular complexity index is 288. The summed E-state index contributed by atoms with van der Waals surface area (Å²) >= 11 is 0.766. The van der Waals surface area contributed by atoms with Crippen molar-refractivity contribution in [3.63, 3.8) is 0 Å². The molecule has 0 bridgehead atoms. The van der Waals surface area contributed by atoms with Crippen LogP contribution in [0.3, 0.4) is 0 Å². The molecule has 13 heavy (non-hydrogen) atoms. The van der Waals surface area contributed by atoms with E-state index in [4.69, 9.17) is 25.0 Å². The predicted octanol–water partition coefficient (Wildman–Crippen LogP) is -0.866. The van der Waals surface area contributed by atoms with Gasteiger partial charge >= 0.3 is 92.1 Å². The fourth-order valence-electron chi connectivity index (χ4n) is 0.670. The molecule has 0 unspecified atom stereocenters. The fourth-order valence-corrected chi connectivity index (χ4v) is 1.49. The van der Waals surface area contributed by atoms with Gasteiger partial charge in [-0.25, -0.2) is 4.57 Å². The fraction of sp³-hybridized carbons (Fsp3) is 0. The Morgan fingerprint density at radius 2 is 1.77 bits per heavy atom. The van der Waals surface area contributed by atoms with Crippen LogP contribution in [0.2, 0.25) is 0 Å². The Kier molecular flexibility index (Phi) is 6.66. The quantitative estimate of drug-likeness (QED) is 0.263. The number of nitrogens with two attached hydrogens (primary N) is 1. The molecule has 0 fully saturated rings. The zero-order chi connectivity index (χ0) is 10.5. The van der Waals surface area contributed by atoms with Gasteiger partial charge in [0.25, 0.3) is 0 Å². The third-order valence-electron chi connectivity index (χ3n) is 1.04. The molecule has 0 saturated carbocycles. The van der Waals surface area contributed by atoms with Gasteiger partial charge in [-0.3, -0.25) is 0 Å². The maximum Gasteiger partial charge on any atom is 0.466 e. The van der Waals surface area contributed by atoms with E-state index in [0.29, 0.717) is 0 Å². The van der Waals surface area contributed by atoms with Gasteiger partial charge in [0.05, 0.1) is 0 Å². The molecule has 68 valence electrons. The Labute approximate surface area is 110 Å². The van der Waals surface area contributed by atoms with Crippen LogP contribution in [-0.2, 0) is 4.57 Å². The van der Waals surface area contributed by atoms with E-state index in [1.165, 1.54) is -0.342 Å². The van der Waals surface area contributed by atoms with Gasteiger partial charge in [-0.05, 0) is 0 Å². The summed E-state index contributed by atoms with van der Waals surface area (Å²) in [5.41, 5.74) is 6.37. The molecule has 5 N–H and O–H groups in total. The van der Waals surface area contributed by atoms with E-state index in [0.717, 1.165) is 54.6 Å². The Morgan fingerprint density at radius 3 is 2.00 bits per heavy atom. The minimum absolute atomic E-state index is 0.766. The monoisotopic (exact) mass is 229 g/mol. The first kappa shape index (κ1) is 13.8. The molecule has 1 aromatic rings. The van der Waals surface area contributed by atoms with Crippen molar-refractivity contribution in [2.24, 2.45) is 0 Å². The van der Waals surface area contributed by atoms with Gasteiger partial charge < -0.3 is 14.7 Å². The molecule has 0 aromatic heterocycles. The van der Waals surface area contributed by atoms with Crippen LogP contribution in [0.25, 0.3) is 0 Å². The van der Waals surface area contributed by atoms with Crippen LogP contribution in [0.4, 0.5) is 5.69 Å². The number of rotatable bonds is 0. The van der Waals surface area contributed by atoms with Crippen molar-refractivity contribution in [2.45, 2.75) is 0 Å². The molecule has 0 radical (unpaired) electrons. The molecule has 1 rings (SSSR count). The molecule has 7 heteroatoms. The summed E-state index contributed by atoms with van der Waals surface area (Å²) < 4.78 is 10.3. The molecular weight excluding hydrogens is 220 g/mol. The van der Waals surface area contributed by atoms with Crippen LogP contribution in [0.1, 0.15) is 0 Å². The van der Waals surface area contributed by atoms with Crippen LogP contribution in [0.5, 0.6) is 0 Å². The number of hydrogen-bond acceptors (Lipinski definition) is 2. The van der Waals surface area contributed by atoms with Crippen molar-refractivity contribution in [1.29, 1.82) is 0 Å². The molecule has 0 aliphatic carbocycles. The molecule has 1 aromatic carbocycles. The van der Waals surface area contributed by atoms with E-state index in [2.05, 4.69) is 6.07 Å². The first-order chi connectivity index (χ1) is 5.79. The SMILES string of the molecule is Nc1ccc[c]([K])c1.O=P(O)(O)O. The van der Waals surface area contributed by atoms with Crippen molar-refractivity contribution in [1.82, 2.24) is 0 Å². The van der Waals surface area contributed by atoms with Gasteiger partial charge in [0.2, 0.25) is 0 Å². The van der Waals surface area contributed by atoms with Crippen molar-refractivity contribution in [2.75, 3.05) is 5.73 Å². The van der Waals surface area contributed by atoms with Crippen LogP contribution in [0.15, 0.2) is 24.3 Å². The summed E-state index contributed by atoms with van der Waals surface area (Å²) in [4.78, 5) is 21.6. The van der Waals surface area contributed by atoms with Crippen LogP contribution < -0.4 is 5.39 Å². The number of benzene rings is 1. The second-order valence-corrected chi connectivity index (χ2v) is 5.26. The zero-order valence-electron chi connectivity index (χ0n) is 7.08. The third-order valence-corrected chi connectivity index (χ3v) is 2.01. The van der Waals surface area contributed by atoms with Crippen molar-refractivity contribution < 1.29 is 19.2 Å².